The molecule has 0 aromatic carbocycles. The van der Waals surface area contributed by atoms with Crippen molar-refractivity contribution in [1.29, 1.82) is 0 Å². The second-order valence-corrected chi connectivity index (χ2v) is 4.86. The number of ether oxygens (including phenoxy) is 1. The Hall–Kier alpha value is -0.870. The highest BCUT2D eigenvalue weighted by atomic mass is 16.5. The van der Waals surface area contributed by atoms with Gasteiger partial charge in [0.2, 0.25) is 5.91 Å². The minimum Gasteiger partial charge on any atom is -0.375 e. The SMILES string of the molecule is O=C(CC1CNCCO1)NCC1CC=CCC1. The minimum absolute atomic E-state index is 0.0509. The lowest BCUT2D eigenvalue weighted by molar-refractivity contribution is -0.124. The summed E-state index contributed by atoms with van der Waals surface area (Å²) in [7, 11) is 0. The van der Waals surface area contributed by atoms with Gasteiger partial charge in [0.05, 0.1) is 19.1 Å². The maximum atomic E-state index is 11.7. The number of allylic oxidation sites excluding steroid dienone is 2. The monoisotopic (exact) mass is 238 g/mol. The van der Waals surface area contributed by atoms with E-state index < -0.39 is 0 Å². The van der Waals surface area contributed by atoms with Gasteiger partial charge < -0.3 is 15.4 Å². The van der Waals surface area contributed by atoms with Crippen molar-refractivity contribution in [3.8, 4) is 0 Å². The number of nitrogens with one attached hydrogen (secondary N) is 2. The van der Waals surface area contributed by atoms with Crippen molar-refractivity contribution in [2.45, 2.75) is 31.8 Å². The van der Waals surface area contributed by atoms with Crippen LogP contribution in [0.15, 0.2) is 12.2 Å². The van der Waals surface area contributed by atoms with Gasteiger partial charge in [-0.2, -0.15) is 0 Å². The van der Waals surface area contributed by atoms with Gasteiger partial charge in [0, 0.05) is 19.6 Å². The standard InChI is InChI=1S/C13H22N2O2/c16-13(8-12-10-14-6-7-17-12)15-9-11-4-2-1-3-5-11/h1-2,11-12,14H,3-10H2,(H,15,16). The molecule has 0 aromatic heterocycles. The zero-order valence-electron chi connectivity index (χ0n) is 10.3. The average Bonchev–Trinajstić information content (AvgIpc) is 2.39. The van der Waals surface area contributed by atoms with E-state index in [1.165, 1.54) is 6.42 Å². The van der Waals surface area contributed by atoms with Gasteiger partial charge in [-0.1, -0.05) is 12.2 Å². The Morgan fingerprint density at radius 2 is 2.41 bits per heavy atom. The molecule has 2 atom stereocenters. The zero-order valence-corrected chi connectivity index (χ0v) is 10.3. The van der Waals surface area contributed by atoms with E-state index in [-0.39, 0.29) is 12.0 Å². The topological polar surface area (TPSA) is 50.4 Å². The third kappa shape index (κ3) is 4.48. The molecule has 1 fully saturated rings. The molecule has 1 amide bonds. The van der Waals surface area contributed by atoms with Crippen molar-refractivity contribution < 1.29 is 9.53 Å². The maximum absolute atomic E-state index is 11.7. The van der Waals surface area contributed by atoms with Crippen LogP contribution < -0.4 is 10.6 Å². The zero-order chi connectivity index (χ0) is 11.9. The van der Waals surface area contributed by atoms with Crippen LogP contribution in [0.4, 0.5) is 0 Å². The molecule has 17 heavy (non-hydrogen) atoms. The van der Waals surface area contributed by atoms with Crippen molar-refractivity contribution >= 4 is 5.91 Å². The number of rotatable bonds is 4. The van der Waals surface area contributed by atoms with Gasteiger partial charge in [0.25, 0.3) is 0 Å². The maximum Gasteiger partial charge on any atom is 0.222 e. The van der Waals surface area contributed by atoms with E-state index in [1.807, 2.05) is 0 Å². The van der Waals surface area contributed by atoms with Crippen LogP contribution in [0.5, 0.6) is 0 Å². The fourth-order valence-corrected chi connectivity index (χ4v) is 2.33. The predicted octanol–water partition coefficient (Wildman–Crippen LogP) is 0.837. The van der Waals surface area contributed by atoms with Crippen LogP contribution in [0.2, 0.25) is 0 Å². The Bertz CT molecular complexity index is 273. The van der Waals surface area contributed by atoms with Crippen molar-refractivity contribution in [2.24, 2.45) is 5.92 Å². The molecule has 1 heterocycles. The number of amides is 1. The summed E-state index contributed by atoms with van der Waals surface area (Å²) in [6.07, 6.45) is 8.41. The number of morpholine rings is 1. The molecule has 0 spiro atoms. The van der Waals surface area contributed by atoms with Crippen LogP contribution in [0.1, 0.15) is 25.7 Å². The summed E-state index contributed by atoms with van der Waals surface area (Å²) in [5.41, 5.74) is 0. The molecule has 2 aliphatic rings. The second kappa shape index (κ2) is 6.77. The summed E-state index contributed by atoms with van der Waals surface area (Å²) >= 11 is 0. The van der Waals surface area contributed by atoms with Gasteiger partial charge in [0.15, 0.2) is 0 Å². The fraction of sp³-hybridized carbons (Fsp3) is 0.769. The lowest BCUT2D eigenvalue weighted by atomic mass is 9.94. The van der Waals surface area contributed by atoms with Gasteiger partial charge in [0.1, 0.15) is 0 Å². The van der Waals surface area contributed by atoms with E-state index in [0.717, 1.165) is 32.5 Å². The highest BCUT2D eigenvalue weighted by Gasteiger charge is 2.18. The molecule has 0 bridgehead atoms. The largest absolute Gasteiger partial charge is 0.375 e. The molecule has 96 valence electrons. The summed E-state index contributed by atoms with van der Waals surface area (Å²) in [6.45, 7) is 3.21. The summed E-state index contributed by atoms with van der Waals surface area (Å²) in [6, 6.07) is 0. The Kier molecular flexibility index (Phi) is 5.01. The van der Waals surface area contributed by atoms with E-state index in [1.54, 1.807) is 0 Å². The molecular formula is C13H22N2O2. The summed E-state index contributed by atoms with van der Waals surface area (Å²) in [5.74, 6) is 0.739. The fourth-order valence-electron chi connectivity index (χ4n) is 2.33. The summed E-state index contributed by atoms with van der Waals surface area (Å²) in [5, 5.41) is 6.25. The quantitative estimate of drug-likeness (QED) is 0.714. The van der Waals surface area contributed by atoms with Crippen LogP contribution in [-0.2, 0) is 9.53 Å². The van der Waals surface area contributed by atoms with E-state index in [2.05, 4.69) is 22.8 Å². The number of hydrogen-bond acceptors (Lipinski definition) is 3. The van der Waals surface area contributed by atoms with Gasteiger partial charge in [-0.3, -0.25) is 4.79 Å². The van der Waals surface area contributed by atoms with Gasteiger partial charge in [-0.05, 0) is 25.2 Å². The van der Waals surface area contributed by atoms with E-state index in [4.69, 9.17) is 4.74 Å². The van der Waals surface area contributed by atoms with Gasteiger partial charge >= 0.3 is 0 Å². The highest BCUT2D eigenvalue weighted by Crippen LogP contribution is 2.16. The Morgan fingerprint density at radius 3 is 3.12 bits per heavy atom. The average molecular weight is 238 g/mol. The van der Waals surface area contributed by atoms with Gasteiger partial charge in [-0.25, -0.2) is 0 Å². The Morgan fingerprint density at radius 1 is 1.47 bits per heavy atom. The van der Waals surface area contributed by atoms with Crippen molar-refractivity contribution in [2.75, 3.05) is 26.2 Å². The van der Waals surface area contributed by atoms with Gasteiger partial charge in [-0.15, -0.1) is 0 Å². The van der Waals surface area contributed by atoms with E-state index in [9.17, 15) is 4.79 Å². The van der Waals surface area contributed by atoms with Crippen LogP contribution >= 0.6 is 0 Å². The van der Waals surface area contributed by atoms with E-state index in [0.29, 0.717) is 18.9 Å². The van der Waals surface area contributed by atoms with Crippen molar-refractivity contribution in [3.05, 3.63) is 12.2 Å². The minimum atomic E-state index is 0.0509. The third-order valence-corrected chi connectivity index (χ3v) is 3.38. The molecule has 4 nitrogen and oxygen atoms in total. The highest BCUT2D eigenvalue weighted by molar-refractivity contribution is 5.76. The second-order valence-electron chi connectivity index (χ2n) is 4.86. The molecule has 0 radical (unpaired) electrons. The Labute approximate surface area is 103 Å². The van der Waals surface area contributed by atoms with Crippen LogP contribution in [0, 0.1) is 5.92 Å². The van der Waals surface area contributed by atoms with Crippen LogP contribution in [0.3, 0.4) is 0 Å². The normalized spacial score (nSPS) is 28.9. The first-order valence-electron chi connectivity index (χ1n) is 6.58. The first kappa shape index (κ1) is 12.6. The van der Waals surface area contributed by atoms with Crippen molar-refractivity contribution in [1.82, 2.24) is 10.6 Å². The third-order valence-electron chi connectivity index (χ3n) is 3.38. The molecule has 2 unspecified atom stereocenters. The molecule has 2 rings (SSSR count). The van der Waals surface area contributed by atoms with Crippen LogP contribution in [-0.4, -0.2) is 38.3 Å². The number of hydrogen-bond donors (Lipinski definition) is 2. The van der Waals surface area contributed by atoms with Crippen LogP contribution in [0.25, 0.3) is 0 Å². The first-order chi connectivity index (χ1) is 8.34. The summed E-state index contributed by atoms with van der Waals surface area (Å²) < 4.78 is 5.51. The molecule has 1 aliphatic heterocycles. The molecule has 4 heteroatoms. The smallest absolute Gasteiger partial charge is 0.222 e. The molecule has 2 N–H and O–H groups in total. The molecule has 1 aliphatic carbocycles. The molecule has 0 aromatic rings. The van der Waals surface area contributed by atoms with Crippen molar-refractivity contribution in [3.63, 3.8) is 0 Å². The number of carbonyl (C=O) groups excluding carboxylic acids is 1. The van der Waals surface area contributed by atoms with E-state index >= 15 is 0 Å². The number of carbonyl (C=O) groups is 1. The lowest BCUT2D eigenvalue weighted by Crippen LogP contribution is -2.42. The summed E-state index contributed by atoms with van der Waals surface area (Å²) in [4.78, 5) is 11.7. The molecule has 1 saturated heterocycles. The lowest BCUT2D eigenvalue weighted by Gasteiger charge is -2.24. The predicted molar refractivity (Wildman–Crippen MR) is 66.7 cm³/mol. The molecular weight excluding hydrogens is 216 g/mol. The molecule has 0 saturated carbocycles. The Balaban J connectivity index is 1.61. The first-order valence-corrected chi connectivity index (χ1v) is 6.58.